The summed E-state index contributed by atoms with van der Waals surface area (Å²) in [6, 6.07) is 10.9. The topological polar surface area (TPSA) is 15.7 Å². The summed E-state index contributed by atoms with van der Waals surface area (Å²) in [6.07, 6.45) is -3.78. The maximum atomic E-state index is 13.3. The Morgan fingerprint density at radius 3 is 1.83 bits per heavy atom. The van der Waals surface area contributed by atoms with Crippen molar-refractivity contribution in [2.45, 2.75) is 25.6 Å². The van der Waals surface area contributed by atoms with Gasteiger partial charge in [-0.15, -0.1) is 0 Å². The van der Waals surface area contributed by atoms with Gasteiger partial charge in [-0.2, -0.15) is 13.2 Å². The Bertz CT molecular complexity index is 769. The molecule has 0 N–H and O–H groups in total. The van der Waals surface area contributed by atoms with E-state index < -0.39 is 17.8 Å². The van der Waals surface area contributed by atoms with E-state index in [9.17, 15) is 17.6 Å². The first-order valence-electron chi connectivity index (χ1n) is 10.4. The lowest BCUT2D eigenvalue weighted by atomic mass is 10.00. The van der Waals surface area contributed by atoms with Gasteiger partial charge in [0.1, 0.15) is 11.9 Å². The van der Waals surface area contributed by atoms with Gasteiger partial charge in [0, 0.05) is 32.7 Å². The van der Waals surface area contributed by atoms with Crippen molar-refractivity contribution in [3.63, 3.8) is 0 Å². The number of nitrogens with zero attached hydrogens (tertiary/aromatic N) is 2. The minimum atomic E-state index is -4.38. The van der Waals surface area contributed by atoms with Gasteiger partial charge in [-0.25, -0.2) is 4.39 Å². The van der Waals surface area contributed by atoms with Gasteiger partial charge < -0.3 is 9.64 Å². The summed E-state index contributed by atoms with van der Waals surface area (Å²) >= 11 is 0. The van der Waals surface area contributed by atoms with E-state index in [1.165, 1.54) is 24.3 Å². The summed E-state index contributed by atoms with van der Waals surface area (Å²) in [5, 5.41) is 0. The molecule has 0 aromatic heterocycles. The molecule has 2 aromatic rings. The zero-order valence-corrected chi connectivity index (χ0v) is 17.2. The lowest BCUT2D eigenvalue weighted by molar-refractivity contribution is -0.137. The fraction of sp³-hybridized carbons (Fsp3) is 0.478. The van der Waals surface area contributed by atoms with Crippen molar-refractivity contribution in [2.24, 2.45) is 0 Å². The second-order valence-electron chi connectivity index (χ2n) is 7.61. The van der Waals surface area contributed by atoms with Gasteiger partial charge >= 0.3 is 6.18 Å². The van der Waals surface area contributed by atoms with E-state index in [0.29, 0.717) is 17.7 Å². The van der Waals surface area contributed by atoms with Crippen molar-refractivity contribution in [3.8, 4) is 0 Å². The zero-order valence-electron chi connectivity index (χ0n) is 17.2. The molecule has 1 heterocycles. The van der Waals surface area contributed by atoms with Crippen LogP contribution in [0.4, 0.5) is 17.6 Å². The monoisotopic (exact) mass is 424 g/mol. The van der Waals surface area contributed by atoms with E-state index in [1.54, 1.807) is 12.1 Å². The molecule has 1 fully saturated rings. The predicted molar refractivity (Wildman–Crippen MR) is 109 cm³/mol. The number of alkyl halides is 3. The van der Waals surface area contributed by atoms with Gasteiger partial charge in [-0.1, -0.05) is 31.2 Å². The molecule has 1 saturated heterocycles. The highest BCUT2D eigenvalue weighted by Crippen LogP contribution is 2.32. The second-order valence-corrected chi connectivity index (χ2v) is 7.61. The number of hydrogen-bond donors (Lipinski definition) is 0. The predicted octanol–water partition coefficient (Wildman–Crippen LogP) is 4.98. The third-order valence-electron chi connectivity index (χ3n) is 5.41. The molecule has 0 radical (unpaired) electrons. The van der Waals surface area contributed by atoms with Crippen LogP contribution < -0.4 is 0 Å². The molecule has 0 aliphatic carbocycles. The Morgan fingerprint density at radius 2 is 1.33 bits per heavy atom. The first kappa shape index (κ1) is 22.7. The van der Waals surface area contributed by atoms with Crippen LogP contribution in [0.25, 0.3) is 0 Å². The van der Waals surface area contributed by atoms with Crippen LogP contribution in [0.2, 0.25) is 0 Å². The van der Waals surface area contributed by atoms with Gasteiger partial charge in [0.2, 0.25) is 0 Å². The minimum absolute atomic E-state index is 0.366. The standard InChI is InChI=1S/C23H28F4N2O/c1-2-11-28-12-14-29(15-13-28)16-17-30-22(19-5-9-21(24)10-6-19)18-3-7-20(8-4-18)23(25,26)27/h3-10,22H,2,11-17H2,1H3. The van der Waals surface area contributed by atoms with Crippen molar-refractivity contribution in [3.05, 3.63) is 71.0 Å². The normalized spacial score (nSPS) is 17.2. The molecule has 1 unspecified atom stereocenters. The Balaban J connectivity index is 1.64. The smallest absolute Gasteiger partial charge is 0.367 e. The molecule has 1 aliphatic rings. The Hall–Kier alpha value is -1.96. The number of hydrogen-bond acceptors (Lipinski definition) is 3. The van der Waals surface area contributed by atoms with Crippen LogP contribution in [0.1, 0.15) is 36.1 Å². The van der Waals surface area contributed by atoms with Crippen molar-refractivity contribution < 1.29 is 22.3 Å². The summed E-state index contributed by atoms with van der Waals surface area (Å²) in [5.41, 5.74) is 0.625. The van der Waals surface area contributed by atoms with Gasteiger partial charge in [-0.05, 0) is 48.4 Å². The maximum absolute atomic E-state index is 13.3. The van der Waals surface area contributed by atoms with Gasteiger partial charge in [-0.3, -0.25) is 4.90 Å². The Labute approximate surface area is 175 Å². The van der Waals surface area contributed by atoms with Crippen LogP contribution >= 0.6 is 0 Å². The molecule has 1 atom stereocenters. The minimum Gasteiger partial charge on any atom is -0.367 e. The molecule has 164 valence electrons. The second kappa shape index (κ2) is 10.4. The summed E-state index contributed by atoms with van der Waals surface area (Å²) in [4.78, 5) is 4.78. The summed E-state index contributed by atoms with van der Waals surface area (Å²) in [5.74, 6) is -0.366. The van der Waals surface area contributed by atoms with Gasteiger partial charge in [0.25, 0.3) is 0 Å². The van der Waals surface area contributed by atoms with Crippen LogP contribution in [0.15, 0.2) is 48.5 Å². The molecular formula is C23H28F4N2O. The number of benzene rings is 2. The number of halogens is 4. The van der Waals surface area contributed by atoms with Crippen LogP contribution in [0, 0.1) is 5.82 Å². The maximum Gasteiger partial charge on any atom is 0.416 e. The van der Waals surface area contributed by atoms with Gasteiger partial charge in [0.15, 0.2) is 0 Å². The fourth-order valence-electron chi connectivity index (χ4n) is 3.72. The van der Waals surface area contributed by atoms with Crippen molar-refractivity contribution in [1.29, 1.82) is 0 Å². The van der Waals surface area contributed by atoms with E-state index in [-0.39, 0.29) is 5.82 Å². The van der Waals surface area contributed by atoms with Gasteiger partial charge in [0.05, 0.1) is 12.2 Å². The summed E-state index contributed by atoms with van der Waals surface area (Å²) in [7, 11) is 0. The highest BCUT2D eigenvalue weighted by Gasteiger charge is 2.30. The molecule has 30 heavy (non-hydrogen) atoms. The van der Waals surface area contributed by atoms with Crippen LogP contribution in [-0.2, 0) is 10.9 Å². The Kier molecular flexibility index (Phi) is 7.86. The zero-order chi connectivity index (χ0) is 21.6. The van der Waals surface area contributed by atoms with E-state index in [4.69, 9.17) is 4.74 Å². The van der Waals surface area contributed by atoms with Crippen LogP contribution in [-0.4, -0.2) is 55.7 Å². The van der Waals surface area contributed by atoms with Crippen molar-refractivity contribution in [1.82, 2.24) is 9.80 Å². The molecule has 0 spiro atoms. The fourth-order valence-corrected chi connectivity index (χ4v) is 3.72. The molecule has 0 bridgehead atoms. The number of rotatable bonds is 8. The first-order chi connectivity index (χ1) is 14.4. The number of piperazine rings is 1. The van der Waals surface area contributed by atoms with E-state index in [1.807, 2.05) is 0 Å². The molecular weight excluding hydrogens is 396 g/mol. The van der Waals surface area contributed by atoms with Crippen LogP contribution in [0.5, 0.6) is 0 Å². The lowest BCUT2D eigenvalue weighted by Gasteiger charge is -2.34. The van der Waals surface area contributed by atoms with E-state index in [2.05, 4.69) is 16.7 Å². The van der Waals surface area contributed by atoms with E-state index >= 15 is 0 Å². The molecule has 1 aliphatic heterocycles. The van der Waals surface area contributed by atoms with E-state index in [0.717, 1.165) is 57.8 Å². The largest absolute Gasteiger partial charge is 0.416 e. The first-order valence-corrected chi connectivity index (χ1v) is 10.4. The third-order valence-corrected chi connectivity index (χ3v) is 5.41. The summed E-state index contributed by atoms with van der Waals surface area (Å²) < 4.78 is 58.1. The molecule has 2 aromatic carbocycles. The van der Waals surface area contributed by atoms with Crippen molar-refractivity contribution >= 4 is 0 Å². The third kappa shape index (κ3) is 6.27. The lowest BCUT2D eigenvalue weighted by Crippen LogP contribution is -2.47. The Morgan fingerprint density at radius 1 is 0.833 bits per heavy atom. The molecule has 3 nitrogen and oxygen atoms in total. The average molecular weight is 424 g/mol. The average Bonchev–Trinajstić information content (AvgIpc) is 2.73. The van der Waals surface area contributed by atoms with Crippen LogP contribution in [0.3, 0.4) is 0 Å². The number of ether oxygens (including phenoxy) is 1. The molecule has 0 amide bonds. The quantitative estimate of drug-likeness (QED) is 0.556. The molecule has 7 heteroatoms. The SMILES string of the molecule is CCCN1CCN(CCOC(c2ccc(F)cc2)c2ccc(C(F)(F)F)cc2)CC1. The molecule has 3 rings (SSSR count). The molecule has 0 saturated carbocycles. The highest BCUT2D eigenvalue weighted by molar-refractivity contribution is 5.33. The highest BCUT2D eigenvalue weighted by atomic mass is 19.4. The summed E-state index contributed by atoms with van der Waals surface area (Å²) in [6.45, 7) is 8.51. The van der Waals surface area contributed by atoms with Crippen molar-refractivity contribution in [2.75, 3.05) is 45.9 Å².